The molecule has 1 aliphatic heterocycles. The van der Waals surface area contributed by atoms with Crippen LogP contribution in [-0.4, -0.2) is 36.4 Å². The van der Waals surface area contributed by atoms with Crippen LogP contribution in [0.25, 0.3) is 10.4 Å². The molecule has 0 atom stereocenters. The number of likely N-dealkylation sites (tertiary alicyclic amines) is 1. The fourth-order valence-corrected chi connectivity index (χ4v) is 5.11. The second-order valence-electron chi connectivity index (χ2n) is 7.21. The first-order chi connectivity index (χ1) is 14.7. The van der Waals surface area contributed by atoms with E-state index in [1.165, 1.54) is 17.8 Å². The summed E-state index contributed by atoms with van der Waals surface area (Å²) in [4.78, 5) is 28.7. The van der Waals surface area contributed by atoms with E-state index in [1.807, 2.05) is 58.1 Å². The molecule has 30 heavy (non-hydrogen) atoms. The van der Waals surface area contributed by atoms with Crippen molar-refractivity contribution in [3.8, 4) is 16.2 Å². The number of carbonyl (C=O) groups excluding carboxylic acids is 2. The van der Waals surface area contributed by atoms with Gasteiger partial charge >= 0.3 is 0 Å². The average molecular weight is 441 g/mol. The minimum absolute atomic E-state index is 0.0215. The summed E-state index contributed by atoms with van der Waals surface area (Å²) in [7, 11) is 0. The molecular weight excluding hydrogens is 416 g/mol. The van der Waals surface area contributed by atoms with Crippen molar-refractivity contribution < 1.29 is 14.3 Å². The molecular formula is C23H24N2O3S2. The third-order valence-corrected chi connectivity index (χ3v) is 6.95. The molecule has 0 bridgehead atoms. The van der Waals surface area contributed by atoms with E-state index in [0.717, 1.165) is 41.9 Å². The van der Waals surface area contributed by atoms with E-state index < -0.39 is 0 Å². The van der Waals surface area contributed by atoms with Crippen molar-refractivity contribution in [3.63, 3.8) is 0 Å². The Morgan fingerprint density at radius 1 is 1.07 bits per heavy atom. The van der Waals surface area contributed by atoms with Crippen molar-refractivity contribution >= 4 is 34.5 Å². The topological polar surface area (TPSA) is 58.6 Å². The van der Waals surface area contributed by atoms with Crippen LogP contribution in [0.5, 0.6) is 5.75 Å². The monoisotopic (exact) mass is 440 g/mol. The van der Waals surface area contributed by atoms with Gasteiger partial charge in [0.2, 0.25) is 0 Å². The number of piperidine rings is 1. The molecule has 1 fully saturated rings. The van der Waals surface area contributed by atoms with Gasteiger partial charge in [-0.05, 0) is 53.3 Å². The maximum absolute atomic E-state index is 12.9. The summed E-state index contributed by atoms with van der Waals surface area (Å²) in [6.07, 6.45) is 3.25. The third-order valence-electron chi connectivity index (χ3n) is 5.06. The third kappa shape index (κ3) is 5.09. The van der Waals surface area contributed by atoms with Gasteiger partial charge in [0, 0.05) is 24.5 Å². The minimum atomic E-state index is -0.186. The Labute approximate surface area is 184 Å². The van der Waals surface area contributed by atoms with Crippen LogP contribution in [0, 0.1) is 0 Å². The van der Waals surface area contributed by atoms with Gasteiger partial charge in [-0.1, -0.05) is 30.3 Å². The molecule has 0 aliphatic carbocycles. The molecule has 1 aliphatic rings. The summed E-state index contributed by atoms with van der Waals surface area (Å²) in [5.74, 6) is 0.257. The number of nitrogens with one attached hydrogen (secondary N) is 1. The van der Waals surface area contributed by atoms with Gasteiger partial charge in [-0.15, -0.1) is 11.3 Å². The molecule has 156 valence electrons. The standard InChI is InChI=1S/C23H24N2O3S2/c26-21(25-10-5-2-6-11-25)15-28-19-13-20(18-7-3-1-4-8-18)30-22(19)23(27)24-14-17-9-12-29-16-17/h1,3-4,7-9,12-13,16H,2,5-6,10-11,14-15H2,(H,24,27). The first-order valence-electron chi connectivity index (χ1n) is 10.1. The van der Waals surface area contributed by atoms with Gasteiger partial charge in [0.05, 0.1) is 0 Å². The first kappa shape index (κ1) is 20.6. The molecule has 1 N–H and O–H groups in total. The molecule has 0 radical (unpaired) electrons. The average Bonchev–Trinajstić information content (AvgIpc) is 3.47. The second-order valence-corrected chi connectivity index (χ2v) is 9.05. The summed E-state index contributed by atoms with van der Waals surface area (Å²) in [5.41, 5.74) is 2.09. The van der Waals surface area contributed by atoms with Gasteiger partial charge in [0.25, 0.3) is 11.8 Å². The molecule has 4 rings (SSSR count). The lowest BCUT2D eigenvalue weighted by atomic mass is 10.1. The molecule has 2 aromatic heterocycles. The predicted molar refractivity (Wildman–Crippen MR) is 121 cm³/mol. The Morgan fingerprint density at radius 2 is 1.87 bits per heavy atom. The fourth-order valence-electron chi connectivity index (χ4n) is 3.41. The van der Waals surface area contributed by atoms with E-state index in [0.29, 0.717) is 17.2 Å². The van der Waals surface area contributed by atoms with Crippen LogP contribution in [0.15, 0.2) is 53.2 Å². The van der Waals surface area contributed by atoms with E-state index in [9.17, 15) is 9.59 Å². The fraction of sp³-hybridized carbons (Fsp3) is 0.304. The zero-order valence-corrected chi connectivity index (χ0v) is 18.3. The summed E-state index contributed by atoms with van der Waals surface area (Å²) < 4.78 is 5.87. The smallest absolute Gasteiger partial charge is 0.265 e. The van der Waals surface area contributed by atoms with Crippen molar-refractivity contribution in [2.24, 2.45) is 0 Å². The molecule has 5 nitrogen and oxygen atoms in total. The SMILES string of the molecule is O=C(NCc1ccsc1)c1sc(-c2ccccc2)cc1OCC(=O)N1CCCCC1. The van der Waals surface area contributed by atoms with E-state index >= 15 is 0 Å². The highest BCUT2D eigenvalue weighted by molar-refractivity contribution is 7.17. The maximum Gasteiger partial charge on any atom is 0.265 e. The Kier molecular flexibility index (Phi) is 6.81. The van der Waals surface area contributed by atoms with Crippen molar-refractivity contribution in [3.05, 3.63) is 63.7 Å². The summed E-state index contributed by atoms with van der Waals surface area (Å²) in [5, 5.41) is 6.96. The number of hydrogen-bond donors (Lipinski definition) is 1. The number of amides is 2. The quantitative estimate of drug-likeness (QED) is 0.574. The summed E-state index contributed by atoms with van der Waals surface area (Å²) in [6, 6.07) is 13.7. The van der Waals surface area contributed by atoms with Crippen LogP contribution >= 0.6 is 22.7 Å². The zero-order valence-electron chi connectivity index (χ0n) is 16.6. The highest BCUT2D eigenvalue weighted by Gasteiger charge is 2.21. The lowest BCUT2D eigenvalue weighted by molar-refractivity contribution is -0.134. The molecule has 2 amide bonds. The predicted octanol–water partition coefficient (Wildman–Crippen LogP) is 4.80. The number of ether oxygens (including phenoxy) is 1. The molecule has 1 aromatic carbocycles. The number of thiophene rings is 2. The van der Waals surface area contributed by atoms with E-state index in [4.69, 9.17) is 4.74 Å². The highest BCUT2D eigenvalue weighted by Crippen LogP contribution is 2.36. The molecule has 3 heterocycles. The van der Waals surface area contributed by atoms with Crippen LogP contribution < -0.4 is 10.1 Å². The second kappa shape index (κ2) is 9.91. The number of hydrogen-bond acceptors (Lipinski definition) is 5. The lowest BCUT2D eigenvalue weighted by Crippen LogP contribution is -2.38. The Balaban J connectivity index is 1.50. The highest BCUT2D eigenvalue weighted by atomic mass is 32.1. The zero-order chi connectivity index (χ0) is 20.8. The van der Waals surface area contributed by atoms with Crippen LogP contribution in [0.1, 0.15) is 34.5 Å². The number of benzene rings is 1. The van der Waals surface area contributed by atoms with Gasteiger partial charge < -0.3 is 15.0 Å². The van der Waals surface area contributed by atoms with Gasteiger partial charge in [-0.25, -0.2) is 0 Å². The first-order valence-corrected chi connectivity index (χ1v) is 11.9. The lowest BCUT2D eigenvalue weighted by Gasteiger charge is -2.26. The largest absolute Gasteiger partial charge is 0.482 e. The Bertz CT molecular complexity index is 977. The van der Waals surface area contributed by atoms with Crippen LogP contribution in [0.3, 0.4) is 0 Å². The van der Waals surface area contributed by atoms with Crippen molar-refractivity contribution in [2.45, 2.75) is 25.8 Å². The van der Waals surface area contributed by atoms with Gasteiger partial charge in [-0.2, -0.15) is 11.3 Å². The summed E-state index contributed by atoms with van der Waals surface area (Å²) in [6.45, 7) is 1.99. The Hall–Kier alpha value is -2.64. The van der Waals surface area contributed by atoms with Crippen LogP contribution in [-0.2, 0) is 11.3 Å². The van der Waals surface area contributed by atoms with Gasteiger partial charge in [0.15, 0.2) is 6.61 Å². The molecule has 7 heteroatoms. The number of rotatable bonds is 7. The molecule has 1 saturated heterocycles. The minimum Gasteiger partial charge on any atom is -0.482 e. The molecule has 0 unspecified atom stereocenters. The normalized spacial score (nSPS) is 13.8. The van der Waals surface area contributed by atoms with Crippen molar-refractivity contribution in [1.82, 2.24) is 10.2 Å². The Morgan fingerprint density at radius 3 is 2.60 bits per heavy atom. The molecule has 0 spiro atoms. The molecule has 0 saturated carbocycles. The van der Waals surface area contributed by atoms with Gasteiger partial charge in [-0.3, -0.25) is 9.59 Å². The number of carbonyl (C=O) groups is 2. The number of nitrogens with zero attached hydrogens (tertiary/aromatic N) is 1. The van der Waals surface area contributed by atoms with Crippen LogP contribution in [0.4, 0.5) is 0 Å². The van der Waals surface area contributed by atoms with E-state index in [-0.39, 0.29) is 18.4 Å². The van der Waals surface area contributed by atoms with Crippen molar-refractivity contribution in [1.29, 1.82) is 0 Å². The van der Waals surface area contributed by atoms with E-state index in [2.05, 4.69) is 5.32 Å². The maximum atomic E-state index is 12.9. The van der Waals surface area contributed by atoms with Gasteiger partial charge in [0.1, 0.15) is 10.6 Å². The van der Waals surface area contributed by atoms with Crippen LogP contribution in [0.2, 0.25) is 0 Å². The van der Waals surface area contributed by atoms with Crippen molar-refractivity contribution in [2.75, 3.05) is 19.7 Å². The van der Waals surface area contributed by atoms with E-state index in [1.54, 1.807) is 11.3 Å². The summed E-state index contributed by atoms with van der Waals surface area (Å²) >= 11 is 2.99. The molecule has 3 aromatic rings.